The van der Waals surface area contributed by atoms with Gasteiger partial charge in [0.25, 0.3) is 0 Å². The molecule has 0 aromatic carbocycles. The number of hydrogen-bond acceptors (Lipinski definition) is 4. The fourth-order valence-electron chi connectivity index (χ4n) is 2.12. The minimum atomic E-state index is -0.00730. The van der Waals surface area contributed by atoms with E-state index >= 15 is 0 Å². The number of likely N-dealkylation sites (tertiary alicyclic amines) is 1. The van der Waals surface area contributed by atoms with Crippen LogP contribution in [0, 0.1) is 5.92 Å². The van der Waals surface area contributed by atoms with Crippen LogP contribution in [-0.4, -0.2) is 62.4 Å². The third kappa shape index (κ3) is 4.92. The van der Waals surface area contributed by atoms with Gasteiger partial charge in [0.1, 0.15) is 0 Å². The normalized spacial score (nSPS) is 22.0. The molecule has 1 amide bonds. The van der Waals surface area contributed by atoms with Gasteiger partial charge in [0.05, 0.1) is 19.8 Å². The number of piperidine rings is 1. The molecule has 94 valence electrons. The number of nitrogens with zero attached hydrogens (tertiary/aromatic N) is 1. The van der Waals surface area contributed by atoms with Gasteiger partial charge in [-0.1, -0.05) is 0 Å². The Morgan fingerprint density at radius 3 is 3.12 bits per heavy atom. The minimum Gasteiger partial charge on any atom is -0.395 e. The lowest BCUT2D eigenvalue weighted by molar-refractivity contribution is -0.122. The van der Waals surface area contributed by atoms with Crippen LogP contribution in [0.5, 0.6) is 0 Å². The number of ether oxygens (including phenoxy) is 1. The quantitative estimate of drug-likeness (QED) is 0.643. The zero-order chi connectivity index (χ0) is 11.8. The summed E-state index contributed by atoms with van der Waals surface area (Å²) in [6.45, 7) is 3.45. The average molecular weight is 230 g/mol. The first-order valence-corrected chi connectivity index (χ1v) is 5.85. The monoisotopic (exact) mass is 230 g/mol. The van der Waals surface area contributed by atoms with Crippen molar-refractivity contribution in [2.75, 3.05) is 46.5 Å². The number of aliphatic hydroxyl groups is 1. The van der Waals surface area contributed by atoms with Gasteiger partial charge in [-0.3, -0.25) is 9.69 Å². The number of aliphatic hydroxyl groups excluding tert-OH is 1. The highest BCUT2D eigenvalue weighted by Crippen LogP contribution is 2.15. The molecule has 1 heterocycles. The zero-order valence-electron chi connectivity index (χ0n) is 9.95. The van der Waals surface area contributed by atoms with Crippen molar-refractivity contribution in [3.63, 3.8) is 0 Å². The minimum absolute atomic E-state index is 0.00194. The van der Waals surface area contributed by atoms with Gasteiger partial charge < -0.3 is 15.2 Å². The Bertz CT molecular complexity index is 209. The lowest BCUT2D eigenvalue weighted by Gasteiger charge is -2.31. The van der Waals surface area contributed by atoms with Crippen molar-refractivity contribution in [1.29, 1.82) is 0 Å². The van der Waals surface area contributed by atoms with Crippen LogP contribution in [0.2, 0.25) is 0 Å². The predicted molar refractivity (Wildman–Crippen MR) is 61.1 cm³/mol. The van der Waals surface area contributed by atoms with Gasteiger partial charge in [-0.2, -0.15) is 0 Å². The van der Waals surface area contributed by atoms with Crippen molar-refractivity contribution in [3.05, 3.63) is 0 Å². The standard InChI is InChI=1S/C11H22N2O3/c1-16-9-10-3-2-5-13(7-10)8-11(15)12-4-6-14/h10,14H,2-9H2,1H3,(H,12,15). The van der Waals surface area contributed by atoms with E-state index in [1.807, 2.05) is 0 Å². The van der Waals surface area contributed by atoms with Gasteiger partial charge in [-0.05, 0) is 25.3 Å². The topological polar surface area (TPSA) is 61.8 Å². The third-order valence-electron chi connectivity index (χ3n) is 2.81. The highest BCUT2D eigenvalue weighted by atomic mass is 16.5. The average Bonchev–Trinajstić information content (AvgIpc) is 2.27. The van der Waals surface area contributed by atoms with Gasteiger partial charge in [0, 0.05) is 20.2 Å². The van der Waals surface area contributed by atoms with E-state index in [1.165, 1.54) is 6.42 Å². The maximum atomic E-state index is 11.4. The molecule has 0 radical (unpaired) electrons. The highest BCUT2D eigenvalue weighted by Gasteiger charge is 2.21. The largest absolute Gasteiger partial charge is 0.395 e. The Hall–Kier alpha value is -0.650. The third-order valence-corrected chi connectivity index (χ3v) is 2.81. The molecule has 1 aliphatic rings. The van der Waals surface area contributed by atoms with Gasteiger partial charge in [-0.25, -0.2) is 0 Å². The molecule has 16 heavy (non-hydrogen) atoms. The van der Waals surface area contributed by atoms with Crippen molar-refractivity contribution in [3.8, 4) is 0 Å². The summed E-state index contributed by atoms with van der Waals surface area (Å²) in [6.07, 6.45) is 2.31. The summed E-state index contributed by atoms with van der Waals surface area (Å²) in [6, 6.07) is 0. The molecule has 0 aromatic heterocycles. The molecule has 1 aliphatic heterocycles. The molecule has 1 saturated heterocycles. The Kier molecular flexibility index (Phi) is 6.37. The smallest absolute Gasteiger partial charge is 0.234 e. The Balaban J connectivity index is 2.22. The van der Waals surface area contributed by atoms with E-state index in [9.17, 15) is 4.79 Å². The molecule has 0 spiro atoms. The van der Waals surface area contributed by atoms with E-state index in [0.717, 1.165) is 26.1 Å². The van der Waals surface area contributed by atoms with Crippen molar-refractivity contribution in [2.24, 2.45) is 5.92 Å². The number of rotatable bonds is 6. The number of methoxy groups -OCH3 is 1. The fourth-order valence-corrected chi connectivity index (χ4v) is 2.12. The van der Waals surface area contributed by atoms with Crippen LogP contribution in [0.3, 0.4) is 0 Å². The van der Waals surface area contributed by atoms with Gasteiger partial charge in [0.15, 0.2) is 0 Å². The second kappa shape index (κ2) is 7.60. The number of hydrogen-bond donors (Lipinski definition) is 2. The first-order chi connectivity index (χ1) is 7.76. The molecule has 1 rings (SSSR count). The Labute approximate surface area is 96.8 Å². The zero-order valence-corrected chi connectivity index (χ0v) is 9.95. The predicted octanol–water partition coefficient (Wildman–Crippen LogP) is -0.547. The maximum absolute atomic E-state index is 11.4. The van der Waals surface area contributed by atoms with Crippen molar-refractivity contribution in [2.45, 2.75) is 12.8 Å². The summed E-state index contributed by atoms with van der Waals surface area (Å²) < 4.78 is 5.14. The van der Waals surface area contributed by atoms with Crippen LogP contribution in [0.4, 0.5) is 0 Å². The molecule has 2 N–H and O–H groups in total. The first kappa shape index (κ1) is 13.4. The van der Waals surface area contributed by atoms with Crippen molar-refractivity contribution >= 4 is 5.91 Å². The molecule has 1 unspecified atom stereocenters. The lowest BCUT2D eigenvalue weighted by Crippen LogP contribution is -2.43. The van der Waals surface area contributed by atoms with E-state index in [-0.39, 0.29) is 12.5 Å². The van der Waals surface area contributed by atoms with Crippen molar-refractivity contribution in [1.82, 2.24) is 10.2 Å². The summed E-state index contributed by atoms with van der Waals surface area (Å²) in [5, 5.41) is 11.3. The van der Waals surface area contributed by atoms with Crippen LogP contribution in [0.1, 0.15) is 12.8 Å². The maximum Gasteiger partial charge on any atom is 0.234 e. The van der Waals surface area contributed by atoms with Gasteiger partial charge >= 0.3 is 0 Å². The number of carbonyl (C=O) groups excluding carboxylic acids is 1. The van der Waals surface area contributed by atoms with Gasteiger partial charge in [-0.15, -0.1) is 0 Å². The second-order valence-electron chi connectivity index (χ2n) is 4.27. The van der Waals surface area contributed by atoms with E-state index in [0.29, 0.717) is 19.0 Å². The number of nitrogens with one attached hydrogen (secondary N) is 1. The SMILES string of the molecule is COCC1CCCN(CC(=O)NCCO)C1. The number of amides is 1. The lowest BCUT2D eigenvalue weighted by atomic mass is 9.99. The fraction of sp³-hybridized carbons (Fsp3) is 0.909. The second-order valence-corrected chi connectivity index (χ2v) is 4.27. The summed E-state index contributed by atoms with van der Waals surface area (Å²) in [4.78, 5) is 13.6. The van der Waals surface area contributed by atoms with Crippen LogP contribution in [0.25, 0.3) is 0 Å². The Morgan fingerprint density at radius 2 is 2.44 bits per heavy atom. The van der Waals surface area contributed by atoms with Crippen LogP contribution in [0.15, 0.2) is 0 Å². The molecule has 0 bridgehead atoms. The number of carbonyl (C=O) groups is 1. The summed E-state index contributed by atoms with van der Waals surface area (Å²) in [5.74, 6) is 0.538. The molecular formula is C11H22N2O3. The van der Waals surface area contributed by atoms with Crippen LogP contribution < -0.4 is 5.32 Å². The Morgan fingerprint density at radius 1 is 1.62 bits per heavy atom. The summed E-state index contributed by atoms with van der Waals surface area (Å²) >= 11 is 0. The van der Waals surface area contributed by atoms with Crippen molar-refractivity contribution < 1.29 is 14.6 Å². The van der Waals surface area contributed by atoms with Crippen LogP contribution >= 0.6 is 0 Å². The van der Waals surface area contributed by atoms with E-state index in [1.54, 1.807) is 7.11 Å². The van der Waals surface area contributed by atoms with Crippen LogP contribution in [-0.2, 0) is 9.53 Å². The molecule has 1 atom stereocenters. The molecule has 0 saturated carbocycles. The van der Waals surface area contributed by atoms with E-state index in [4.69, 9.17) is 9.84 Å². The first-order valence-electron chi connectivity index (χ1n) is 5.85. The summed E-state index contributed by atoms with van der Waals surface area (Å²) in [7, 11) is 1.72. The highest BCUT2D eigenvalue weighted by molar-refractivity contribution is 5.77. The molecule has 5 nitrogen and oxygen atoms in total. The molecule has 0 aromatic rings. The van der Waals surface area contributed by atoms with E-state index in [2.05, 4.69) is 10.2 Å². The van der Waals surface area contributed by atoms with E-state index < -0.39 is 0 Å². The molecule has 5 heteroatoms. The molecular weight excluding hydrogens is 208 g/mol. The summed E-state index contributed by atoms with van der Waals surface area (Å²) in [5.41, 5.74) is 0. The molecule has 0 aliphatic carbocycles. The molecule has 1 fully saturated rings. The van der Waals surface area contributed by atoms with Gasteiger partial charge in [0.2, 0.25) is 5.91 Å².